The molecule has 0 radical (unpaired) electrons. The zero-order valence-electron chi connectivity index (χ0n) is 16.3. The highest BCUT2D eigenvalue weighted by atomic mass is 35.5. The number of fused-ring (bicyclic) bond motifs is 2. The summed E-state index contributed by atoms with van der Waals surface area (Å²) in [6.07, 6.45) is 2.43. The van der Waals surface area contributed by atoms with E-state index in [0.717, 1.165) is 17.4 Å². The second-order valence-corrected chi connectivity index (χ2v) is 7.18. The molecule has 0 unspecified atom stereocenters. The number of methoxy groups -OCH3 is 2. The molecule has 2 heterocycles. The maximum Gasteiger partial charge on any atom is 0.260 e. The average Bonchev–Trinajstić information content (AvgIpc) is 2.77. The molecule has 0 aliphatic carbocycles. The number of hydrogen-bond donors (Lipinski definition) is 0. The normalized spacial score (nSPS) is 13.1. The van der Waals surface area contributed by atoms with Crippen molar-refractivity contribution in [3.05, 3.63) is 58.7 Å². The highest BCUT2D eigenvalue weighted by Gasteiger charge is 2.23. The second kappa shape index (κ2) is 8.17. The summed E-state index contributed by atoms with van der Waals surface area (Å²) in [5.74, 6) is 1.83. The molecule has 150 valence electrons. The van der Waals surface area contributed by atoms with Crippen LogP contribution in [0.2, 0.25) is 5.02 Å². The molecule has 6 nitrogen and oxygen atoms in total. The van der Waals surface area contributed by atoms with Crippen LogP contribution in [0.3, 0.4) is 0 Å². The molecule has 1 aromatic heterocycles. The minimum absolute atomic E-state index is 0.0596. The zero-order valence-corrected chi connectivity index (χ0v) is 17.0. The van der Waals surface area contributed by atoms with E-state index in [4.69, 9.17) is 25.8 Å². The quantitative estimate of drug-likeness (QED) is 0.636. The molecule has 4 rings (SSSR count). The molecule has 3 aromatic rings. The summed E-state index contributed by atoms with van der Waals surface area (Å²) in [4.78, 5) is 18.9. The highest BCUT2D eigenvalue weighted by Crippen LogP contribution is 2.33. The number of aromatic nitrogens is 1. The third kappa shape index (κ3) is 3.80. The Hall–Kier alpha value is -2.99. The molecule has 1 amide bonds. The molecular formula is C22H21ClN2O4. The second-order valence-electron chi connectivity index (χ2n) is 6.77. The zero-order chi connectivity index (χ0) is 20.4. The van der Waals surface area contributed by atoms with E-state index in [-0.39, 0.29) is 12.5 Å². The number of carbonyl (C=O) groups is 1. The van der Waals surface area contributed by atoms with Crippen LogP contribution in [-0.2, 0) is 17.8 Å². The van der Waals surface area contributed by atoms with Gasteiger partial charge in [0.05, 0.1) is 19.2 Å². The molecule has 0 N–H and O–H groups in total. The molecule has 0 fully saturated rings. The Morgan fingerprint density at radius 1 is 1.10 bits per heavy atom. The predicted octanol–water partition coefficient (Wildman–Crippen LogP) is 3.87. The number of hydrogen-bond acceptors (Lipinski definition) is 5. The van der Waals surface area contributed by atoms with Crippen molar-refractivity contribution in [1.82, 2.24) is 9.88 Å². The van der Waals surface area contributed by atoms with Crippen LogP contribution in [0, 0.1) is 0 Å². The monoisotopic (exact) mass is 412 g/mol. The molecule has 0 spiro atoms. The van der Waals surface area contributed by atoms with Gasteiger partial charge in [0, 0.05) is 24.7 Å². The van der Waals surface area contributed by atoms with Crippen molar-refractivity contribution in [3.63, 3.8) is 0 Å². The van der Waals surface area contributed by atoms with E-state index < -0.39 is 0 Å². The molecule has 1 aliphatic heterocycles. The minimum Gasteiger partial charge on any atom is -0.493 e. The molecule has 0 saturated carbocycles. The summed E-state index contributed by atoms with van der Waals surface area (Å²) >= 11 is 6.22. The van der Waals surface area contributed by atoms with Crippen LogP contribution >= 0.6 is 11.6 Å². The van der Waals surface area contributed by atoms with Crippen LogP contribution in [0.4, 0.5) is 0 Å². The van der Waals surface area contributed by atoms with Gasteiger partial charge in [-0.05, 0) is 53.9 Å². The molecule has 29 heavy (non-hydrogen) atoms. The number of pyridine rings is 1. The third-order valence-electron chi connectivity index (χ3n) is 5.10. The number of halogens is 1. The van der Waals surface area contributed by atoms with Gasteiger partial charge >= 0.3 is 0 Å². The van der Waals surface area contributed by atoms with E-state index in [1.54, 1.807) is 37.4 Å². The summed E-state index contributed by atoms with van der Waals surface area (Å²) in [6.45, 7) is 1.08. The Morgan fingerprint density at radius 2 is 1.86 bits per heavy atom. The number of benzene rings is 2. The first kappa shape index (κ1) is 19.3. The van der Waals surface area contributed by atoms with Gasteiger partial charge in [0.25, 0.3) is 5.91 Å². The van der Waals surface area contributed by atoms with Gasteiger partial charge in [-0.2, -0.15) is 0 Å². The molecule has 1 aliphatic rings. The number of ether oxygens (including phenoxy) is 3. The molecule has 2 aromatic carbocycles. The average molecular weight is 413 g/mol. The van der Waals surface area contributed by atoms with Gasteiger partial charge in [0.15, 0.2) is 18.1 Å². The Bertz CT molecular complexity index is 1070. The third-order valence-corrected chi connectivity index (χ3v) is 5.43. The number of amides is 1. The fourth-order valence-corrected chi connectivity index (χ4v) is 3.77. The molecule has 0 bridgehead atoms. The van der Waals surface area contributed by atoms with E-state index >= 15 is 0 Å². The van der Waals surface area contributed by atoms with E-state index in [9.17, 15) is 4.79 Å². The van der Waals surface area contributed by atoms with Crippen molar-refractivity contribution < 1.29 is 19.0 Å². The van der Waals surface area contributed by atoms with Crippen molar-refractivity contribution in [2.24, 2.45) is 0 Å². The van der Waals surface area contributed by atoms with E-state index in [1.165, 1.54) is 5.56 Å². The van der Waals surface area contributed by atoms with Gasteiger partial charge in [0.1, 0.15) is 11.3 Å². The lowest BCUT2D eigenvalue weighted by atomic mass is 9.99. The van der Waals surface area contributed by atoms with Crippen LogP contribution < -0.4 is 14.2 Å². The smallest absolute Gasteiger partial charge is 0.260 e. The van der Waals surface area contributed by atoms with Gasteiger partial charge in [-0.15, -0.1) is 0 Å². The van der Waals surface area contributed by atoms with E-state index in [2.05, 4.69) is 4.98 Å². The van der Waals surface area contributed by atoms with E-state index in [1.807, 2.05) is 24.3 Å². The van der Waals surface area contributed by atoms with Crippen LogP contribution in [-0.4, -0.2) is 43.2 Å². The lowest BCUT2D eigenvalue weighted by Gasteiger charge is -2.29. The lowest BCUT2D eigenvalue weighted by molar-refractivity contribution is -0.134. The maximum absolute atomic E-state index is 12.8. The first-order valence-corrected chi connectivity index (χ1v) is 9.66. The Kier molecular flexibility index (Phi) is 5.45. The highest BCUT2D eigenvalue weighted by molar-refractivity contribution is 6.35. The van der Waals surface area contributed by atoms with Crippen LogP contribution in [0.1, 0.15) is 11.1 Å². The van der Waals surface area contributed by atoms with Crippen molar-refractivity contribution in [3.8, 4) is 17.2 Å². The summed E-state index contributed by atoms with van der Waals surface area (Å²) in [5, 5.41) is 1.40. The lowest BCUT2D eigenvalue weighted by Crippen LogP contribution is -2.38. The van der Waals surface area contributed by atoms with E-state index in [0.29, 0.717) is 40.9 Å². The Morgan fingerprint density at radius 3 is 2.62 bits per heavy atom. The fraction of sp³-hybridized carbons (Fsp3) is 0.273. The molecule has 7 heteroatoms. The summed E-state index contributed by atoms with van der Waals surface area (Å²) in [6, 6.07) is 11.1. The number of rotatable bonds is 5. The fourth-order valence-electron chi connectivity index (χ4n) is 3.56. The van der Waals surface area contributed by atoms with Crippen LogP contribution in [0.5, 0.6) is 17.2 Å². The predicted molar refractivity (Wildman–Crippen MR) is 111 cm³/mol. The number of nitrogens with zero attached hydrogens (tertiary/aromatic N) is 2. The van der Waals surface area contributed by atoms with Gasteiger partial charge in [-0.3, -0.25) is 9.78 Å². The molecule has 0 saturated heterocycles. The van der Waals surface area contributed by atoms with Crippen molar-refractivity contribution in [2.45, 2.75) is 13.0 Å². The van der Waals surface area contributed by atoms with Gasteiger partial charge < -0.3 is 19.1 Å². The summed E-state index contributed by atoms with van der Waals surface area (Å²) in [5.41, 5.74) is 2.87. The standard InChI is InChI=1S/C22H21ClN2O4/c1-27-19-10-14-7-9-25(12-15(14)11-20(19)28-2)21(26)13-29-18-6-5-17(23)16-4-3-8-24-22(16)18/h3-6,8,10-11H,7,9,12-13H2,1-2H3. The Labute approximate surface area is 174 Å². The topological polar surface area (TPSA) is 60.9 Å². The van der Waals surface area contributed by atoms with Crippen molar-refractivity contribution >= 4 is 28.4 Å². The summed E-state index contributed by atoms with van der Waals surface area (Å²) in [7, 11) is 3.23. The van der Waals surface area contributed by atoms with Gasteiger partial charge in [0.2, 0.25) is 0 Å². The van der Waals surface area contributed by atoms with Crippen LogP contribution in [0.25, 0.3) is 10.9 Å². The van der Waals surface area contributed by atoms with Crippen LogP contribution in [0.15, 0.2) is 42.6 Å². The minimum atomic E-state index is -0.0792. The van der Waals surface area contributed by atoms with Crippen molar-refractivity contribution in [1.29, 1.82) is 0 Å². The molecular weight excluding hydrogens is 392 g/mol. The first-order chi connectivity index (χ1) is 14.1. The van der Waals surface area contributed by atoms with Gasteiger partial charge in [-0.1, -0.05) is 11.6 Å². The SMILES string of the molecule is COc1cc2c(cc1OC)CN(C(=O)COc1ccc(Cl)c3cccnc13)CC2. The number of carbonyl (C=O) groups excluding carboxylic acids is 1. The Balaban J connectivity index is 1.47. The summed E-state index contributed by atoms with van der Waals surface area (Å²) < 4.78 is 16.6. The molecule has 0 atom stereocenters. The largest absolute Gasteiger partial charge is 0.493 e. The van der Waals surface area contributed by atoms with Crippen molar-refractivity contribution in [2.75, 3.05) is 27.4 Å². The van der Waals surface area contributed by atoms with Gasteiger partial charge in [-0.25, -0.2) is 0 Å². The first-order valence-electron chi connectivity index (χ1n) is 9.28. The maximum atomic E-state index is 12.8.